The van der Waals surface area contributed by atoms with Crippen LogP contribution in [0.2, 0.25) is 0 Å². The van der Waals surface area contributed by atoms with Crippen LogP contribution in [0.4, 0.5) is 0 Å². The Morgan fingerprint density at radius 3 is 2.68 bits per heavy atom. The van der Waals surface area contributed by atoms with E-state index in [2.05, 4.69) is 25.2 Å². The SMILES string of the molecule is CCOc1cccc(CNC(C)C)c1OCC1CC1. The summed E-state index contributed by atoms with van der Waals surface area (Å²) in [5, 5.41) is 3.44. The Labute approximate surface area is 116 Å². The molecular formula is C16H25NO2. The highest BCUT2D eigenvalue weighted by atomic mass is 16.5. The van der Waals surface area contributed by atoms with Crippen LogP contribution in [0, 0.1) is 5.92 Å². The molecule has 1 N–H and O–H groups in total. The predicted molar refractivity (Wildman–Crippen MR) is 77.8 cm³/mol. The van der Waals surface area contributed by atoms with Gasteiger partial charge >= 0.3 is 0 Å². The summed E-state index contributed by atoms with van der Waals surface area (Å²) in [6.07, 6.45) is 2.60. The van der Waals surface area contributed by atoms with Crippen molar-refractivity contribution in [1.29, 1.82) is 0 Å². The summed E-state index contributed by atoms with van der Waals surface area (Å²) in [6.45, 7) is 8.61. The first-order chi connectivity index (χ1) is 9.20. The fraction of sp³-hybridized carbons (Fsp3) is 0.625. The van der Waals surface area contributed by atoms with Gasteiger partial charge in [-0.25, -0.2) is 0 Å². The molecule has 0 spiro atoms. The Morgan fingerprint density at radius 2 is 2.05 bits per heavy atom. The Hall–Kier alpha value is -1.22. The molecule has 0 saturated heterocycles. The van der Waals surface area contributed by atoms with Crippen LogP contribution in [-0.4, -0.2) is 19.3 Å². The number of ether oxygens (including phenoxy) is 2. The topological polar surface area (TPSA) is 30.5 Å². The molecule has 19 heavy (non-hydrogen) atoms. The third-order valence-corrected chi connectivity index (χ3v) is 3.22. The van der Waals surface area contributed by atoms with Gasteiger partial charge in [0.05, 0.1) is 13.2 Å². The van der Waals surface area contributed by atoms with Gasteiger partial charge in [-0.1, -0.05) is 26.0 Å². The smallest absolute Gasteiger partial charge is 0.165 e. The van der Waals surface area contributed by atoms with Crippen LogP contribution >= 0.6 is 0 Å². The van der Waals surface area contributed by atoms with Crippen molar-refractivity contribution in [3.63, 3.8) is 0 Å². The van der Waals surface area contributed by atoms with Gasteiger partial charge in [0.15, 0.2) is 11.5 Å². The van der Waals surface area contributed by atoms with Gasteiger partial charge in [0, 0.05) is 18.2 Å². The van der Waals surface area contributed by atoms with E-state index in [1.54, 1.807) is 0 Å². The molecule has 1 aliphatic rings. The van der Waals surface area contributed by atoms with Crippen LogP contribution in [0.5, 0.6) is 11.5 Å². The third kappa shape index (κ3) is 4.43. The van der Waals surface area contributed by atoms with Crippen LogP contribution in [0.15, 0.2) is 18.2 Å². The molecule has 0 atom stereocenters. The highest BCUT2D eigenvalue weighted by Crippen LogP contribution is 2.35. The Balaban J connectivity index is 2.10. The van der Waals surface area contributed by atoms with Crippen LogP contribution < -0.4 is 14.8 Å². The standard InChI is InChI=1S/C16H25NO2/c1-4-18-15-7-5-6-14(10-17-12(2)3)16(15)19-11-13-8-9-13/h5-7,12-13,17H,4,8-11H2,1-3H3. The molecule has 1 aromatic carbocycles. The maximum atomic E-state index is 6.01. The van der Waals surface area contributed by atoms with Gasteiger partial charge in [0.2, 0.25) is 0 Å². The molecule has 0 aromatic heterocycles. The van der Waals surface area contributed by atoms with E-state index in [0.29, 0.717) is 12.6 Å². The summed E-state index contributed by atoms with van der Waals surface area (Å²) in [5.41, 5.74) is 1.18. The molecule has 0 unspecified atom stereocenters. The fourth-order valence-electron chi connectivity index (χ4n) is 1.93. The van der Waals surface area contributed by atoms with Gasteiger partial charge in [0.25, 0.3) is 0 Å². The van der Waals surface area contributed by atoms with Crippen molar-refractivity contribution in [1.82, 2.24) is 5.32 Å². The molecule has 3 nitrogen and oxygen atoms in total. The van der Waals surface area contributed by atoms with Crippen molar-refractivity contribution in [2.24, 2.45) is 5.92 Å². The first-order valence-electron chi connectivity index (χ1n) is 7.31. The normalized spacial score (nSPS) is 14.7. The van der Waals surface area contributed by atoms with E-state index in [4.69, 9.17) is 9.47 Å². The minimum Gasteiger partial charge on any atom is -0.490 e. The number of rotatable bonds is 8. The lowest BCUT2D eigenvalue weighted by molar-refractivity contribution is 0.263. The third-order valence-electron chi connectivity index (χ3n) is 3.22. The monoisotopic (exact) mass is 263 g/mol. The zero-order chi connectivity index (χ0) is 13.7. The van der Waals surface area contributed by atoms with Gasteiger partial charge in [-0.15, -0.1) is 0 Å². The zero-order valence-corrected chi connectivity index (χ0v) is 12.2. The quantitative estimate of drug-likeness (QED) is 0.780. The second-order valence-electron chi connectivity index (χ2n) is 5.47. The zero-order valence-electron chi connectivity index (χ0n) is 12.2. The predicted octanol–water partition coefficient (Wildman–Crippen LogP) is 3.37. The molecule has 0 bridgehead atoms. The van der Waals surface area contributed by atoms with Crippen molar-refractivity contribution < 1.29 is 9.47 Å². The minimum absolute atomic E-state index is 0.465. The van der Waals surface area contributed by atoms with Crippen molar-refractivity contribution in [2.75, 3.05) is 13.2 Å². The highest BCUT2D eigenvalue weighted by Gasteiger charge is 2.23. The van der Waals surface area contributed by atoms with E-state index >= 15 is 0 Å². The van der Waals surface area contributed by atoms with Gasteiger partial charge in [-0.2, -0.15) is 0 Å². The van der Waals surface area contributed by atoms with E-state index in [0.717, 1.165) is 30.6 Å². The average Bonchev–Trinajstić information content (AvgIpc) is 3.19. The van der Waals surface area contributed by atoms with Crippen LogP contribution in [-0.2, 0) is 6.54 Å². The molecule has 1 aromatic rings. The molecule has 0 amide bonds. The Bertz CT molecular complexity index is 400. The van der Waals surface area contributed by atoms with Gasteiger partial charge in [-0.3, -0.25) is 0 Å². The Morgan fingerprint density at radius 1 is 1.26 bits per heavy atom. The van der Waals surface area contributed by atoms with Crippen molar-refractivity contribution in [2.45, 2.75) is 46.2 Å². The lowest BCUT2D eigenvalue weighted by atomic mass is 10.1. The number of para-hydroxylation sites is 1. The molecular weight excluding hydrogens is 238 g/mol. The summed E-state index contributed by atoms with van der Waals surface area (Å²) < 4.78 is 11.7. The maximum Gasteiger partial charge on any atom is 0.165 e. The summed E-state index contributed by atoms with van der Waals surface area (Å²) in [5.74, 6) is 2.54. The summed E-state index contributed by atoms with van der Waals surface area (Å²) in [7, 11) is 0. The number of nitrogens with one attached hydrogen (secondary N) is 1. The summed E-state index contributed by atoms with van der Waals surface area (Å²) >= 11 is 0. The number of hydrogen-bond acceptors (Lipinski definition) is 3. The second kappa shape index (κ2) is 6.80. The van der Waals surface area contributed by atoms with Gasteiger partial charge < -0.3 is 14.8 Å². The molecule has 3 heteroatoms. The average molecular weight is 263 g/mol. The molecule has 2 rings (SSSR count). The maximum absolute atomic E-state index is 6.01. The first kappa shape index (κ1) is 14.2. The molecule has 0 heterocycles. The molecule has 1 fully saturated rings. The van der Waals surface area contributed by atoms with E-state index in [-0.39, 0.29) is 0 Å². The van der Waals surface area contributed by atoms with Gasteiger partial charge in [-0.05, 0) is 31.7 Å². The van der Waals surface area contributed by atoms with E-state index in [9.17, 15) is 0 Å². The lowest BCUT2D eigenvalue weighted by Gasteiger charge is -2.17. The number of benzene rings is 1. The van der Waals surface area contributed by atoms with Crippen LogP contribution in [0.25, 0.3) is 0 Å². The summed E-state index contributed by atoms with van der Waals surface area (Å²) in [6, 6.07) is 6.60. The van der Waals surface area contributed by atoms with E-state index in [1.165, 1.54) is 18.4 Å². The minimum atomic E-state index is 0.465. The summed E-state index contributed by atoms with van der Waals surface area (Å²) in [4.78, 5) is 0. The van der Waals surface area contributed by atoms with Crippen molar-refractivity contribution in [3.8, 4) is 11.5 Å². The molecule has 0 aliphatic heterocycles. The van der Waals surface area contributed by atoms with Crippen LogP contribution in [0.3, 0.4) is 0 Å². The van der Waals surface area contributed by atoms with Crippen molar-refractivity contribution in [3.05, 3.63) is 23.8 Å². The van der Waals surface area contributed by atoms with Gasteiger partial charge in [0.1, 0.15) is 0 Å². The van der Waals surface area contributed by atoms with Crippen LogP contribution in [0.1, 0.15) is 39.2 Å². The molecule has 106 valence electrons. The van der Waals surface area contributed by atoms with E-state index in [1.807, 2.05) is 19.1 Å². The number of hydrogen-bond donors (Lipinski definition) is 1. The second-order valence-corrected chi connectivity index (χ2v) is 5.47. The lowest BCUT2D eigenvalue weighted by Crippen LogP contribution is -2.22. The first-order valence-corrected chi connectivity index (χ1v) is 7.31. The largest absolute Gasteiger partial charge is 0.490 e. The molecule has 1 aliphatic carbocycles. The highest BCUT2D eigenvalue weighted by molar-refractivity contribution is 5.46. The molecule has 0 radical (unpaired) electrons. The van der Waals surface area contributed by atoms with E-state index < -0.39 is 0 Å². The Kier molecular flexibility index (Phi) is 5.08. The fourth-order valence-corrected chi connectivity index (χ4v) is 1.93. The van der Waals surface area contributed by atoms with Crippen molar-refractivity contribution >= 4 is 0 Å². The molecule has 1 saturated carbocycles.